The molecular formula is C9H7NO. The van der Waals surface area contributed by atoms with Gasteiger partial charge in [-0.25, -0.2) is 4.85 Å². The first kappa shape index (κ1) is 7.49. The topological polar surface area (TPSA) is 21.4 Å². The molecule has 0 atom stereocenters. The van der Waals surface area contributed by atoms with E-state index < -0.39 is 0 Å². The van der Waals surface area contributed by atoms with Crippen molar-refractivity contribution in [2.24, 2.45) is 0 Å². The minimum Gasteiger partial charge on any atom is -0.303 e. The van der Waals surface area contributed by atoms with Crippen molar-refractivity contribution in [3.63, 3.8) is 0 Å². The summed E-state index contributed by atoms with van der Waals surface area (Å²) in [6.07, 6.45) is 1.28. The molecule has 0 aliphatic heterocycles. The molecule has 0 aliphatic carbocycles. The van der Waals surface area contributed by atoms with Crippen LogP contribution in [0.2, 0.25) is 0 Å². The molecule has 0 bridgehead atoms. The number of carbonyl (C=O) groups excluding carboxylic acids is 1. The molecule has 0 saturated heterocycles. The summed E-state index contributed by atoms with van der Waals surface area (Å²) in [5.41, 5.74) is 1.56. The van der Waals surface area contributed by atoms with Crippen molar-refractivity contribution in [2.75, 3.05) is 0 Å². The SMILES string of the molecule is [C-]#[N+]c1ccc(CC=O)cc1. The van der Waals surface area contributed by atoms with Gasteiger partial charge in [-0.05, 0) is 5.56 Å². The highest BCUT2D eigenvalue weighted by atomic mass is 16.1. The molecule has 0 spiro atoms. The van der Waals surface area contributed by atoms with Crippen molar-refractivity contribution in [2.45, 2.75) is 6.42 Å². The highest BCUT2D eigenvalue weighted by Crippen LogP contribution is 2.11. The Kier molecular flexibility index (Phi) is 2.40. The zero-order chi connectivity index (χ0) is 8.10. The van der Waals surface area contributed by atoms with Crippen LogP contribution in [-0.4, -0.2) is 6.29 Å². The summed E-state index contributed by atoms with van der Waals surface area (Å²) < 4.78 is 0. The number of hydrogen-bond acceptors (Lipinski definition) is 1. The predicted molar refractivity (Wildman–Crippen MR) is 42.5 cm³/mol. The average molecular weight is 145 g/mol. The third-order valence-corrected chi connectivity index (χ3v) is 1.38. The molecule has 0 fully saturated rings. The Morgan fingerprint density at radius 3 is 2.45 bits per heavy atom. The minimum atomic E-state index is 0.429. The summed E-state index contributed by atoms with van der Waals surface area (Å²) in [5, 5.41) is 0. The second kappa shape index (κ2) is 3.52. The fraction of sp³-hybridized carbons (Fsp3) is 0.111. The average Bonchev–Trinajstić information content (AvgIpc) is 2.07. The highest BCUT2D eigenvalue weighted by Gasteiger charge is 1.91. The van der Waals surface area contributed by atoms with E-state index in [2.05, 4.69) is 4.85 Å². The van der Waals surface area contributed by atoms with E-state index in [0.717, 1.165) is 11.8 Å². The van der Waals surface area contributed by atoms with Gasteiger partial charge in [0.15, 0.2) is 5.69 Å². The molecule has 0 radical (unpaired) electrons. The molecule has 0 aromatic heterocycles. The van der Waals surface area contributed by atoms with Crippen LogP contribution in [-0.2, 0) is 11.2 Å². The summed E-state index contributed by atoms with van der Waals surface area (Å²) in [5.74, 6) is 0. The van der Waals surface area contributed by atoms with Crippen LogP contribution in [0.5, 0.6) is 0 Å². The van der Waals surface area contributed by atoms with Gasteiger partial charge in [0.1, 0.15) is 6.29 Å². The molecule has 11 heavy (non-hydrogen) atoms. The van der Waals surface area contributed by atoms with E-state index in [4.69, 9.17) is 6.57 Å². The summed E-state index contributed by atoms with van der Waals surface area (Å²) >= 11 is 0. The maximum absolute atomic E-state index is 10.1. The van der Waals surface area contributed by atoms with Gasteiger partial charge in [0.2, 0.25) is 0 Å². The molecule has 0 N–H and O–H groups in total. The van der Waals surface area contributed by atoms with Crippen molar-refractivity contribution < 1.29 is 4.79 Å². The molecule has 0 amide bonds. The van der Waals surface area contributed by atoms with E-state index in [1.54, 1.807) is 24.3 Å². The smallest absolute Gasteiger partial charge is 0.187 e. The molecule has 2 heteroatoms. The largest absolute Gasteiger partial charge is 0.303 e. The van der Waals surface area contributed by atoms with Gasteiger partial charge < -0.3 is 4.79 Å². The Morgan fingerprint density at radius 2 is 2.00 bits per heavy atom. The maximum atomic E-state index is 10.1. The monoisotopic (exact) mass is 145 g/mol. The predicted octanol–water partition coefficient (Wildman–Crippen LogP) is 1.98. The van der Waals surface area contributed by atoms with Gasteiger partial charge in [-0.15, -0.1) is 0 Å². The summed E-state index contributed by atoms with van der Waals surface area (Å²) in [6.45, 7) is 6.67. The van der Waals surface area contributed by atoms with E-state index >= 15 is 0 Å². The molecule has 2 nitrogen and oxygen atoms in total. The number of benzene rings is 1. The van der Waals surface area contributed by atoms with Crippen LogP contribution in [0.15, 0.2) is 24.3 Å². The molecular weight excluding hydrogens is 138 g/mol. The number of rotatable bonds is 2. The van der Waals surface area contributed by atoms with E-state index in [9.17, 15) is 4.79 Å². The van der Waals surface area contributed by atoms with Gasteiger partial charge >= 0.3 is 0 Å². The van der Waals surface area contributed by atoms with Crippen molar-refractivity contribution >= 4 is 12.0 Å². The van der Waals surface area contributed by atoms with Crippen LogP contribution in [0.3, 0.4) is 0 Å². The first-order valence-corrected chi connectivity index (χ1v) is 3.27. The van der Waals surface area contributed by atoms with Crippen LogP contribution < -0.4 is 0 Å². The Bertz CT molecular complexity index is 281. The lowest BCUT2D eigenvalue weighted by molar-refractivity contribution is -0.107. The van der Waals surface area contributed by atoms with Crippen LogP contribution in [0, 0.1) is 6.57 Å². The van der Waals surface area contributed by atoms with Gasteiger partial charge in [-0.2, -0.15) is 0 Å². The fourth-order valence-electron chi connectivity index (χ4n) is 0.803. The van der Waals surface area contributed by atoms with Gasteiger partial charge in [-0.3, -0.25) is 0 Å². The first-order valence-electron chi connectivity index (χ1n) is 3.27. The van der Waals surface area contributed by atoms with Crippen molar-refractivity contribution in [1.29, 1.82) is 0 Å². The zero-order valence-electron chi connectivity index (χ0n) is 5.95. The van der Waals surface area contributed by atoms with Crippen LogP contribution in [0.4, 0.5) is 5.69 Å². The molecule has 54 valence electrons. The molecule has 0 saturated carbocycles. The van der Waals surface area contributed by atoms with Crippen LogP contribution in [0.1, 0.15) is 5.56 Å². The Morgan fingerprint density at radius 1 is 1.36 bits per heavy atom. The normalized spacial score (nSPS) is 8.64. The van der Waals surface area contributed by atoms with Gasteiger partial charge in [0.25, 0.3) is 0 Å². The van der Waals surface area contributed by atoms with Crippen molar-refractivity contribution in [3.05, 3.63) is 41.2 Å². The third kappa shape index (κ3) is 1.91. The molecule has 0 aliphatic rings. The second-order valence-electron chi connectivity index (χ2n) is 2.15. The zero-order valence-corrected chi connectivity index (χ0v) is 5.95. The Labute approximate surface area is 65.3 Å². The van der Waals surface area contributed by atoms with E-state index in [-0.39, 0.29) is 0 Å². The van der Waals surface area contributed by atoms with E-state index in [1.807, 2.05) is 0 Å². The summed E-state index contributed by atoms with van der Waals surface area (Å²) in [4.78, 5) is 13.3. The quantitative estimate of drug-likeness (QED) is 0.460. The minimum absolute atomic E-state index is 0.429. The number of aldehydes is 1. The third-order valence-electron chi connectivity index (χ3n) is 1.38. The van der Waals surface area contributed by atoms with E-state index in [0.29, 0.717) is 12.1 Å². The summed E-state index contributed by atoms with van der Waals surface area (Å²) in [6, 6.07) is 7.02. The summed E-state index contributed by atoms with van der Waals surface area (Å²) in [7, 11) is 0. The lowest BCUT2D eigenvalue weighted by Gasteiger charge is -1.92. The number of carbonyl (C=O) groups is 1. The van der Waals surface area contributed by atoms with Gasteiger partial charge in [-0.1, -0.05) is 24.3 Å². The van der Waals surface area contributed by atoms with Crippen LogP contribution >= 0.6 is 0 Å². The van der Waals surface area contributed by atoms with Crippen molar-refractivity contribution in [1.82, 2.24) is 0 Å². The first-order chi connectivity index (χ1) is 5.36. The molecule has 1 aromatic carbocycles. The maximum Gasteiger partial charge on any atom is 0.187 e. The lowest BCUT2D eigenvalue weighted by Crippen LogP contribution is -1.82. The Balaban J connectivity index is 2.84. The standard InChI is InChI=1S/C9H7NO/c1-10-9-4-2-8(3-5-9)6-7-11/h2-5,7H,6H2. The van der Waals surface area contributed by atoms with Gasteiger partial charge in [0.05, 0.1) is 6.57 Å². The second-order valence-corrected chi connectivity index (χ2v) is 2.15. The van der Waals surface area contributed by atoms with E-state index in [1.165, 1.54) is 0 Å². The molecule has 1 aromatic rings. The molecule has 0 unspecified atom stereocenters. The van der Waals surface area contributed by atoms with Crippen molar-refractivity contribution in [3.8, 4) is 0 Å². The number of hydrogen-bond donors (Lipinski definition) is 0. The fourth-order valence-corrected chi connectivity index (χ4v) is 0.803. The lowest BCUT2D eigenvalue weighted by atomic mass is 10.1. The molecule has 0 heterocycles. The Hall–Kier alpha value is -1.62. The highest BCUT2D eigenvalue weighted by molar-refractivity contribution is 5.56. The van der Waals surface area contributed by atoms with Crippen LogP contribution in [0.25, 0.3) is 4.85 Å². The number of nitrogens with zero attached hydrogens (tertiary/aromatic N) is 1. The van der Waals surface area contributed by atoms with Gasteiger partial charge in [0, 0.05) is 6.42 Å². The molecule has 1 rings (SSSR count).